The lowest BCUT2D eigenvalue weighted by atomic mass is 10.00. The van der Waals surface area contributed by atoms with Gasteiger partial charge in [-0.1, -0.05) is 12.8 Å². The molecular formula is C16H19N3O2S. The molecule has 0 saturated heterocycles. The standard InChI is InChI=1S/C16H19N3O2S/c1-16(7-3-4-8-16)18-13(20)10-5-6-11-12(9-10)17-15(22)19(2)14(11)21/h5-6,9H,3-4,7-8H2,1-2H3,(H,17,22)(H,18,20). The number of carbonyl (C=O) groups excluding carboxylic acids is 1. The van der Waals surface area contributed by atoms with Gasteiger partial charge in [0.25, 0.3) is 11.5 Å². The van der Waals surface area contributed by atoms with Crippen LogP contribution in [0, 0.1) is 4.77 Å². The number of nitrogens with zero attached hydrogens (tertiary/aromatic N) is 1. The minimum Gasteiger partial charge on any atom is -0.347 e. The highest BCUT2D eigenvalue weighted by Crippen LogP contribution is 2.29. The van der Waals surface area contributed by atoms with Crippen molar-refractivity contribution < 1.29 is 4.79 Å². The number of hydrogen-bond acceptors (Lipinski definition) is 3. The van der Waals surface area contributed by atoms with Gasteiger partial charge in [-0.15, -0.1) is 0 Å². The van der Waals surface area contributed by atoms with Crippen LogP contribution in [-0.4, -0.2) is 21.0 Å². The van der Waals surface area contributed by atoms with Crippen LogP contribution in [0.1, 0.15) is 43.0 Å². The van der Waals surface area contributed by atoms with Gasteiger partial charge in [-0.2, -0.15) is 0 Å². The van der Waals surface area contributed by atoms with Gasteiger partial charge in [0.05, 0.1) is 10.9 Å². The Bertz CT molecular complexity index is 860. The van der Waals surface area contributed by atoms with Crippen LogP contribution in [0.15, 0.2) is 23.0 Å². The topological polar surface area (TPSA) is 66.9 Å². The second kappa shape index (κ2) is 5.35. The zero-order valence-electron chi connectivity index (χ0n) is 12.7. The molecule has 1 saturated carbocycles. The van der Waals surface area contributed by atoms with E-state index in [0.717, 1.165) is 25.7 Å². The number of benzene rings is 1. The summed E-state index contributed by atoms with van der Waals surface area (Å²) in [6.45, 7) is 2.09. The van der Waals surface area contributed by atoms with Crippen molar-refractivity contribution in [2.24, 2.45) is 7.05 Å². The van der Waals surface area contributed by atoms with E-state index in [2.05, 4.69) is 17.2 Å². The molecule has 5 nitrogen and oxygen atoms in total. The third-order valence-corrected chi connectivity index (χ3v) is 4.86. The van der Waals surface area contributed by atoms with Crippen molar-refractivity contribution in [3.05, 3.63) is 38.9 Å². The van der Waals surface area contributed by atoms with E-state index >= 15 is 0 Å². The number of hydrogen-bond donors (Lipinski definition) is 2. The second-order valence-corrected chi connectivity index (χ2v) is 6.66. The predicted molar refractivity (Wildman–Crippen MR) is 88.7 cm³/mol. The Hall–Kier alpha value is -1.95. The Kier molecular flexibility index (Phi) is 3.64. The maximum atomic E-state index is 12.5. The van der Waals surface area contributed by atoms with Crippen LogP contribution in [0.2, 0.25) is 0 Å². The van der Waals surface area contributed by atoms with Crippen molar-refractivity contribution in [3.63, 3.8) is 0 Å². The van der Waals surface area contributed by atoms with Gasteiger partial charge in [0.1, 0.15) is 0 Å². The lowest BCUT2D eigenvalue weighted by Crippen LogP contribution is -2.43. The maximum absolute atomic E-state index is 12.5. The fraction of sp³-hybridized carbons (Fsp3) is 0.438. The molecule has 1 aliphatic carbocycles. The smallest absolute Gasteiger partial charge is 0.261 e. The highest BCUT2D eigenvalue weighted by molar-refractivity contribution is 7.71. The summed E-state index contributed by atoms with van der Waals surface area (Å²) >= 11 is 5.12. The third-order valence-electron chi connectivity index (χ3n) is 4.49. The summed E-state index contributed by atoms with van der Waals surface area (Å²) in [5, 5.41) is 3.64. The van der Waals surface area contributed by atoms with Crippen LogP contribution in [0.25, 0.3) is 10.9 Å². The lowest BCUT2D eigenvalue weighted by molar-refractivity contribution is 0.0908. The van der Waals surface area contributed by atoms with Crippen LogP contribution < -0.4 is 10.9 Å². The Morgan fingerprint density at radius 3 is 2.73 bits per heavy atom. The molecule has 3 rings (SSSR count). The molecule has 1 fully saturated rings. The zero-order valence-corrected chi connectivity index (χ0v) is 13.5. The van der Waals surface area contributed by atoms with Gasteiger partial charge >= 0.3 is 0 Å². The van der Waals surface area contributed by atoms with Crippen LogP contribution in [0.5, 0.6) is 0 Å². The summed E-state index contributed by atoms with van der Waals surface area (Å²) in [4.78, 5) is 27.6. The first kappa shape index (κ1) is 15.0. The van der Waals surface area contributed by atoms with E-state index in [1.54, 1.807) is 25.2 Å². The Morgan fingerprint density at radius 2 is 2.05 bits per heavy atom. The SMILES string of the molecule is Cn1c(=S)[nH]c2cc(C(=O)NC3(C)CCCC3)ccc2c1=O. The normalized spacial score (nSPS) is 16.8. The Morgan fingerprint density at radius 1 is 1.36 bits per heavy atom. The average molecular weight is 317 g/mol. The van der Waals surface area contributed by atoms with Crippen LogP contribution in [-0.2, 0) is 7.05 Å². The molecule has 1 heterocycles. The molecule has 116 valence electrons. The number of fused-ring (bicyclic) bond motifs is 1. The van der Waals surface area contributed by atoms with Gasteiger partial charge in [0.15, 0.2) is 4.77 Å². The molecule has 22 heavy (non-hydrogen) atoms. The average Bonchev–Trinajstić information content (AvgIpc) is 2.90. The molecule has 0 aliphatic heterocycles. The molecule has 0 spiro atoms. The first-order valence-corrected chi connectivity index (χ1v) is 7.86. The first-order chi connectivity index (χ1) is 10.4. The van der Waals surface area contributed by atoms with E-state index in [1.807, 2.05) is 0 Å². The fourth-order valence-electron chi connectivity index (χ4n) is 3.07. The first-order valence-electron chi connectivity index (χ1n) is 7.45. The fourth-order valence-corrected chi connectivity index (χ4v) is 3.27. The quantitative estimate of drug-likeness (QED) is 0.837. The molecular weight excluding hydrogens is 298 g/mol. The molecule has 2 N–H and O–H groups in total. The number of H-pyrrole nitrogens is 1. The van der Waals surface area contributed by atoms with Crippen molar-refractivity contribution in [2.75, 3.05) is 0 Å². The van der Waals surface area contributed by atoms with E-state index in [4.69, 9.17) is 12.2 Å². The van der Waals surface area contributed by atoms with E-state index in [1.165, 1.54) is 4.57 Å². The maximum Gasteiger partial charge on any atom is 0.261 e. The van der Waals surface area contributed by atoms with Gasteiger partial charge in [-0.25, -0.2) is 0 Å². The van der Waals surface area contributed by atoms with Crippen LogP contribution in [0.3, 0.4) is 0 Å². The molecule has 1 aromatic heterocycles. The van der Waals surface area contributed by atoms with Crippen LogP contribution in [0.4, 0.5) is 0 Å². The van der Waals surface area contributed by atoms with Crippen molar-refractivity contribution in [1.82, 2.24) is 14.9 Å². The molecule has 1 amide bonds. The number of aromatic nitrogens is 2. The van der Waals surface area contributed by atoms with Gasteiger partial charge in [-0.3, -0.25) is 14.2 Å². The van der Waals surface area contributed by atoms with Gasteiger partial charge < -0.3 is 10.3 Å². The predicted octanol–water partition coefficient (Wildman–Crippen LogP) is 2.66. The second-order valence-electron chi connectivity index (χ2n) is 6.28. The van der Waals surface area contributed by atoms with E-state index in [-0.39, 0.29) is 17.0 Å². The molecule has 0 bridgehead atoms. The monoisotopic (exact) mass is 317 g/mol. The summed E-state index contributed by atoms with van der Waals surface area (Å²) in [6, 6.07) is 5.06. The minimum atomic E-state index is -0.159. The summed E-state index contributed by atoms with van der Waals surface area (Å²) < 4.78 is 1.73. The number of nitrogens with one attached hydrogen (secondary N) is 2. The van der Waals surface area contributed by atoms with E-state index in [0.29, 0.717) is 21.2 Å². The lowest BCUT2D eigenvalue weighted by Gasteiger charge is -2.25. The summed E-state index contributed by atoms with van der Waals surface area (Å²) in [5.74, 6) is -0.105. The molecule has 6 heteroatoms. The van der Waals surface area contributed by atoms with E-state index in [9.17, 15) is 9.59 Å². The van der Waals surface area contributed by atoms with Gasteiger partial charge in [0.2, 0.25) is 0 Å². The summed E-state index contributed by atoms with van der Waals surface area (Å²) in [7, 11) is 1.63. The number of amides is 1. The summed E-state index contributed by atoms with van der Waals surface area (Å²) in [6.07, 6.45) is 4.32. The largest absolute Gasteiger partial charge is 0.347 e. The summed E-state index contributed by atoms with van der Waals surface area (Å²) in [5.41, 5.74) is 0.858. The third kappa shape index (κ3) is 2.59. The van der Waals surface area contributed by atoms with Crippen molar-refractivity contribution in [2.45, 2.75) is 38.1 Å². The number of rotatable bonds is 2. The Labute approximate surface area is 133 Å². The molecule has 0 atom stereocenters. The van der Waals surface area contributed by atoms with Crippen molar-refractivity contribution in [1.29, 1.82) is 0 Å². The van der Waals surface area contributed by atoms with Gasteiger partial charge in [0, 0.05) is 18.2 Å². The number of aromatic amines is 1. The van der Waals surface area contributed by atoms with Gasteiger partial charge in [-0.05, 0) is 50.2 Å². The van der Waals surface area contributed by atoms with Crippen molar-refractivity contribution >= 4 is 29.0 Å². The molecule has 1 aromatic carbocycles. The van der Waals surface area contributed by atoms with E-state index < -0.39 is 0 Å². The van der Waals surface area contributed by atoms with Crippen molar-refractivity contribution in [3.8, 4) is 0 Å². The molecule has 1 aliphatic rings. The Balaban J connectivity index is 1.98. The minimum absolute atomic E-state index is 0.105. The molecule has 0 radical (unpaired) electrons. The highest BCUT2D eigenvalue weighted by atomic mass is 32.1. The highest BCUT2D eigenvalue weighted by Gasteiger charge is 2.30. The zero-order chi connectivity index (χ0) is 15.9. The molecule has 0 unspecified atom stereocenters. The number of carbonyl (C=O) groups is 1. The van der Waals surface area contributed by atoms with Crippen LogP contribution >= 0.6 is 12.2 Å². The molecule has 2 aromatic rings.